The molecular weight excluding hydrogens is 184 g/mol. The predicted molar refractivity (Wildman–Crippen MR) is 49.2 cm³/mol. The second kappa shape index (κ2) is 4.36. The fourth-order valence-electron chi connectivity index (χ4n) is 0.892. The zero-order valence-electron chi connectivity index (χ0n) is 7.67. The molecule has 74 valence electrons. The Labute approximate surface area is 81.0 Å². The lowest BCUT2D eigenvalue weighted by Gasteiger charge is -2.10. The molecule has 0 fully saturated rings. The van der Waals surface area contributed by atoms with E-state index in [0.717, 1.165) is 4.90 Å². The zero-order valence-corrected chi connectivity index (χ0v) is 7.67. The highest BCUT2D eigenvalue weighted by atomic mass is 16.4. The van der Waals surface area contributed by atoms with Gasteiger partial charge in [-0.3, -0.25) is 9.78 Å². The Morgan fingerprint density at radius 3 is 2.71 bits per heavy atom. The summed E-state index contributed by atoms with van der Waals surface area (Å²) in [6.45, 7) is -0.174. The average molecular weight is 194 g/mol. The van der Waals surface area contributed by atoms with Crippen molar-refractivity contribution in [1.82, 2.24) is 9.88 Å². The molecule has 1 aromatic heterocycles. The molecule has 5 nitrogen and oxygen atoms in total. The maximum atomic E-state index is 11.4. The van der Waals surface area contributed by atoms with Crippen molar-refractivity contribution in [3.63, 3.8) is 0 Å². The molecule has 0 radical (unpaired) electrons. The quantitative estimate of drug-likeness (QED) is 0.725. The summed E-state index contributed by atoms with van der Waals surface area (Å²) in [6, 6.07) is 4.93. The number of carbonyl (C=O) groups is 2. The van der Waals surface area contributed by atoms with Gasteiger partial charge in [-0.1, -0.05) is 6.07 Å². The van der Waals surface area contributed by atoms with Gasteiger partial charge in [-0.15, -0.1) is 0 Å². The Morgan fingerprint density at radius 2 is 2.21 bits per heavy atom. The number of ketones is 1. The van der Waals surface area contributed by atoms with Crippen LogP contribution < -0.4 is 0 Å². The van der Waals surface area contributed by atoms with E-state index in [0.29, 0.717) is 0 Å². The molecule has 0 aromatic carbocycles. The first-order chi connectivity index (χ1) is 6.61. The number of nitrogens with zero attached hydrogens (tertiary/aromatic N) is 2. The molecule has 0 atom stereocenters. The predicted octanol–water partition coefficient (Wildman–Crippen LogP) is 0.874. The fraction of sp³-hybridized carbons (Fsp3) is 0.222. The molecule has 1 amide bonds. The van der Waals surface area contributed by atoms with Crippen molar-refractivity contribution in [1.29, 1.82) is 0 Å². The van der Waals surface area contributed by atoms with Gasteiger partial charge in [-0.25, -0.2) is 4.79 Å². The maximum Gasteiger partial charge on any atom is 0.407 e. The second-order valence-electron chi connectivity index (χ2n) is 2.78. The highest BCUT2D eigenvalue weighted by molar-refractivity contribution is 5.96. The van der Waals surface area contributed by atoms with Crippen LogP contribution in [-0.2, 0) is 0 Å². The summed E-state index contributed by atoms with van der Waals surface area (Å²) in [4.78, 5) is 26.5. The fourth-order valence-corrected chi connectivity index (χ4v) is 0.892. The highest BCUT2D eigenvalue weighted by Crippen LogP contribution is 1.97. The van der Waals surface area contributed by atoms with Crippen LogP contribution in [-0.4, -0.2) is 40.5 Å². The summed E-state index contributed by atoms with van der Waals surface area (Å²) in [6.07, 6.45) is 0.364. The number of hydrogen-bond donors (Lipinski definition) is 1. The number of likely N-dealkylation sites (N-methyl/N-ethyl adjacent to an activating group) is 1. The van der Waals surface area contributed by atoms with Gasteiger partial charge in [0.1, 0.15) is 5.69 Å². The van der Waals surface area contributed by atoms with Gasteiger partial charge in [0.25, 0.3) is 0 Å². The molecule has 1 heterocycles. The summed E-state index contributed by atoms with van der Waals surface area (Å²) in [5, 5.41) is 8.53. The van der Waals surface area contributed by atoms with Crippen LogP contribution >= 0.6 is 0 Å². The molecular formula is C9H10N2O3. The highest BCUT2D eigenvalue weighted by Gasteiger charge is 2.13. The largest absolute Gasteiger partial charge is 0.465 e. The number of carbonyl (C=O) groups excluding carboxylic acids is 1. The SMILES string of the molecule is CN(CC(=O)c1ccccn1)C(=O)O. The summed E-state index contributed by atoms with van der Waals surface area (Å²) in [7, 11) is 1.34. The number of pyridine rings is 1. The van der Waals surface area contributed by atoms with Gasteiger partial charge >= 0.3 is 6.09 Å². The first-order valence-corrected chi connectivity index (χ1v) is 3.99. The summed E-state index contributed by atoms with van der Waals surface area (Å²) < 4.78 is 0. The number of rotatable bonds is 3. The van der Waals surface area contributed by atoms with Crippen molar-refractivity contribution in [2.24, 2.45) is 0 Å². The standard InChI is InChI=1S/C9H10N2O3/c1-11(9(13)14)6-8(12)7-4-2-3-5-10-7/h2-5H,6H2,1H3,(H,13,14). The van der Waals surface area contributed by atoms with Crippen LogP contribution in [0.15, 0.2) is 24.4 Å². The number of amides is 1. The van der Waals surface area contributed by atoms with Crippen molar-refractivity contribution in [3.8, 4) is 0 Å². The smallest absolute Gasteiger partial charge is 0.407 e. The minimum atomic E-state index is -1.13. The second-order valence-corrected chi connectivity index (χ2v) is 2.78. The minimum Gasteiger partial charge on any atom is -0.465 e. The van der Waals surface area contributed by atoms with Crippen molar-refractivity contribution in [2.75, 3.05) is 13.6 Å². The van der Waals surface area contributed by atoms with Crippen LogP contribution in [0.25, 0.3) is 0 Å². The lowest BCUT2D eigenvalue weighted by molar-refractivity contribution is 0.0924. The van der Waals surface area contributed by atoms with E-state index in [-0.39, 0.29) is 18.0 Å². The third-order valence-corrected chi connectivity index (χ3v) is 1.66. The van der Waals surface area contributed by atoms with Crippen LogP contribution in [0, 0.1) is 0 Å². The lowest BCUT2D eigenvalue weighted by atomic mass is 10.2. The normalized spacial score (nSPS) is 9.50. The summed E-state index contributed by atoms with van der Waals surface area (Å²) in [5.74, 6) is -0.310. The molecule has 1 aromatic rings. The van der Waals surface area contributed by atoms with Crippen LogP contribution in [0.3, 0.4) is 0 Å². The molecule has 0 bridgehead atoms. The molecule has 5 heteroatoms. The van der Waals surface area contributed by atoms with E-state index < -0.39 is 6.09 Å². The summed E-state index contributed by atoms with van der Waals surface area (Å²) >= 11 is 0. The third kappa shape index (κ3) is 2.55. The maximum absolute atomic E-state index is 11.4. The first-order valence-electron chi connectivity index (χ1n) is 3.99. The first kappa shape index (κ1) is 10.2. The molecule has 0 aliphatic rings. The Kier molecular flexibility index (Phi) is 3.17. The lowest BCUT2D eigenvalue weighted by Crippen LogP contribution is -2.30. The Bertz CT molecular complexity index is 337. The van der Waals surface area contributed by atoms with Gasteiger partial charge in [-0.05, 0) is 12.1 Å². The Balaban J connectivity index is 2.64. The Morgan fingerprint density at radius 1 is 1.50 bits per heavy atom. The van der Waals surface area contributed by atoms with E-state index in [1.165, 1.54) is 13.2 Å². The zero-order chi connectivity index (χ0) is 10.6. The molecule has 1 rings (SSSR count). The number of Topliss-reactive ketones (excluding diaryl/α,β-unsaturated/α-hetero) is 1. The van der Waals surface area contributed by atoms with E-state index in [4.69, 9.17) is 5.11 Å². The van der Waals surface area contributed by atoms with Gasteiger partial charge in [-0.2, -0.15) is 0 Å². The van der Waals surface area contributed by atoms with E-state index in [2.05, 4.69) is 4.98 Å². The van der Waals surface area contributed by atoms with Gasteiger partial charge in [0.05, 0.1) is 6.54 Å². The van der Waals surface area contributed by atoms with Gasteiger partial charge in [0, 0.05) is 13.2 Å². The molecule has 0 saturated carbocycles. The van der Waals surface area contributed by atoms with E-state index >= 15 is 0 Å². The van der Waals surface area contributed by atoms with Crippen LogP contribution in [0.5, 0.6) is 0 Å². The summed E-state index contributed by atoms with van der Waals surface area (Å²) in [5.41, 5.74) is 0.278. The molecule has 1 N–H and O–H groups in total. The number of hydrogen-bond acceptors (Lipinski definition) is 3. The van der Waals surface area contributed by atoms with E-state index in [1.54, 1.807) is 18.2 Å². The van der Waals surface area contributed by atoms with Crippen molar-refractivity contribution < 1.29 is 14.7 Å². The van der Waals surface area contributed by atoms with Crippen molar-refractivity contribution in [2.45, 2.75) is 0 Å². The van der Waals surface area contributed by atoms with Crippen molar-refractivity contribution >= 4 is 11.9 Å². The Hall–Kier alpha value is -1.91. The van der Waals surface area contributed by atoms with Gasteiger partial charge in [0.15, 0.2) is 0 Å². The molecule has 0 spiro atoms. The van der Waals surface area contributed by atoms with E-state index in [9.17, 15) is 9.59 Å². The van der Waals surface area contributed by atoms with Crippen LogP contribution in [0.2, 0.25) is 0 Å². The van der Waals surface area contributed by atoms with Crippen molar-refractivity contribution in [3.05, 3.63) is 30.1 Å². The van der Waals surface area contributed by atoms with Crippen LogP contribution in [0.4, 0.5) is 4.79 Å². The molecule has 0 aliphatic heterocycles. The molecule has 0 aliphatic carbocycles. The third-order valence-electron chi connectivity index (χ3n) is 1.66. The van der Waals surface area contributed by atoms with Crippen LogP contribution in [0.1, 0.15) is 10.5 Å². The topological polar surface area (TPSA) is 70.5 Å². The number of aromatic nitrogens is 1. The van der Waals surface area contributed by atoms with Gasteiger partial charge < -0.3 is 10.0 Å². The number of carboxylic acid groups (broad SMARTS) is 1. The van der Waals surface area contributed by atoms with Gasteiger partial charge in [0.2, 0.25) is 5.78 Å². The molecule has 0 saturated heterocycles. The molecule has 0 unspecified atom stereocenters. The molecule has 14 heavy (non-hydrogen) atoms. The van der Waals surface area contributed by atoms with E-state index in [1.807, 2.05) is 0 Å². The minimum absolute atomic E-state index is 0.174. The monoisotopic (exact) mass is 194 g/mol. The average Bonchev–Trinajstić information content (AvgIpc) is 2.19.